The maximum Gasteiger partial charge on any atom is 0.231 e. The number of aromatic nitrogens is 3. The third kappa shape index (κ3) is 3.93. The molecule has 0 bridgehead atoms. The first-order chi connectivity index (χ1) is 9.72. The Morgan fingerprint density at radius 2 is 1.85 bits per heavy atom. The summed E-state index contributed by atoms with van der Waals surface area (Å²) < 4.78 is 0. The summed E-state index contributed by atoms with van der Waals surface area (Å²) in [5.41, 5.74) is 0. The molecule has 7 nitrogen and oxygen atoms in total. The lowest BCUT2D eigenvalue weighted by atomic mass is 10.4. The highest BCUT2D eigenvalue weighted by Crippen LogP contribution is 2.18. The van der Waals surface area contributed by atoms with Crippen molar-refractivity contribution in [1.29, 1.82) is 0 Å². The summed E-state index contributed by atoms with van der Waals surface area (Å²) in [7, 11) is 3.93. The maximum absolute atomic E-state index is 4.52. The zero-order chi connectivity index (χ0) is 14.4. The smallest absolute Gasteiger partial charge is 0.231 e. The topological polar surface area (TPSA) is 69.2 Å². The summed E-state index contributed by atoms with van der Waals surface area (Å²) in [6, 6.07) is 0. The molecule has 1 aromatic rings. The predicted octanol–water partition coefficient (Wildman–Crippen LogP) is 0.877. The van der Waals surface area contributed by atoms with E-state index in [1.807, 2.05) is 7.05 Å². The third-order valence-corrected chi connectivity index (χ3v) is 3.55. The van der Waals surface area contributed by atoms with Gasteiger partial charge in [0.2, 0.25) is 17.8 Å². The van der Waals surface area contributed by atoms with E-state index in [2.05, 4.69) is 49.4 Å². The van der Waals surface area contributed by atoms with E-state index in [-0.39, 0.29) is 0 Å². The van der Waals surface area contributed by atoms with Gasteiger partial charge >= 0.3 is 0 Å². The SMILES string of the molecule is CCN(C)CCNc1nc(NC)nc(N2CCCC2)n1. The van der Waals surface area contributed by atoms with Gasteiger partial charge in [0.15, 0.2) is 0 Å². The van der Waals surface area contributed by atoms with Crippen molar-refractivity contribution >= 4 is 17.8 Å². The van der Waals surface area contributed by atoms with Gasteiger partial charge in [-0.05, 0) is 26.4 Å². The van der Waals surface area contributed by atoms with Crippen LogP contribution in [0.3, 0.4) is 0 Å². The van der Waals surface area contributed by atoms with Crippen LogP contribution in [-0.4, -0.2) is 66.7 Å². The van der Waals surface area contributed by atoms with E-state index in [0.29, 0.717) is 11.9 Å². The Balaban J connectivity index is 2.01. The van der Waals surface area contributed by atoms with E-state index in [4.69, 9.17) is 0 Å². The van der Waals surface area contributed by atoms with Crippen LogP contribution in [0.1, 0.15) is 19.8 Å². The molecule has 0 radical (unpaired) electrons. The molecular weight excluding hydrogens is 254 g/mol. The van der Waals surface area contributed by atoms with Crippen LogP contribution in [0.2, 0.25) is 0 Å². The number of hydrogen-bond donors (Lipinski definition) is 2. The molecule has 1 fully saturated rings. The molecule has 2 heterocycles. The molecule has 0 amide bonds. The number of hydrogen-bond acceptors (Lipinski definition) is 7. The zero-order valence-corrected chi connectivity index (χ0v) is 12.7. The Labute approximate surface area is 120 Å². The molecule has 1 aliphatic rings. The summed E-state index contributed by atoms with van der Waals surface area (Å²) in [5, 5.41) is 6.28. The minimum atomic E-state index is 0.619. The molecule has 1 aromatic heterocycles. The minimum absolute atomic E-state index is 0.619. The van der Waals surface area contributed by atoms with Crippen LogP contribution in [0.15, 0.2) is 0 Å². The summed E-state index contributed by atoms with van der Waals surface area (Å²) in [6.07, 6.45) is 2.43. The summed E-state index contributed by atoms with van der Waals surface area (Å²) in [6.45, 7) is 7.05. The fraction of sp³-hybridized carbons (Fsp3) is 0.769. The van der Waals surface area contributed by atoms with E-state index in [1.165, 1.54) is 12.8 Å². The first-order valence-electron chi connectivity index (χ1n) is 7.34. The molecule has 0 spiro atoms. The van der Waals surface area contributed by atoms with E-state index < -0.39 is 0 Å². The van der Waals surface area contributed by atoms with Gasteiger partial charge in [0.25, 0.3) is 0 Å². The normalized spacial score (nSPS) is 14.9. The molecule has 0 aliphatic carbocycles. The van der Waals surface area contributed by atoms with Gasteiger partial charge in [0, 0.05) is 33.2 Å². The van der Waals surface area contributed by atoms with Crippen LogP contribution in [0.4, 0.5) is 17.8 Å². The monoisotopic (exact) mass is 279 g/mol. The van der Waals surface area contributed by atoms with Gasteiger partial charge in [0.1, 0.15) is 0 Å². The van der Waals surface area contributed by atoms with Crippen molar-refractivity contribution < 1.29 is 0 Å². The van der Waals surface area contributed by atoms with Crippen molar-refractivity contribution in [3.8, 4) is 0 Å². The van der Waals surface area contributed by atoms with Crippen LogP contribution in [0.5, 0.6) is 0 Å². The molecule has 20 heavy (non-hydrogen) atoms. The van der Waals surface area contributed by atoms with Crippen molar-refractivity contribution in [2.24, 2.45) is 0 Å². The molecular formula is C13H25N7. The summed E-state index contributed by atoms with van der Waals surface area (Å²) in [5.74, 6) is 2.04. The minimum Gasteiger partial charge on any atom is -0.357 e. The maximum atomic E-state index is 4.52. The molecule has 0 saturated carbocycles. The highest BCUT2D eigenvalue weighted by atomic mass is 15.3. The fourth-order valence-corrected chi connectivity index (χ4v) is 2.13. The van der Waals surface area contributed by atoms with Crippen LogP contribution < -0.4 is 15.5 Å². The first-order valence-corrected chi connectivity index (χ1v) is 7.34. The van der Waals surface area contributed by atoms with Crippen molar-refractivity contribution in [3.63, 3.8) is 0 Å². The molecule has 7 heteroatoms. The number of nitrogens with zero attached hydrogens (tertiary/aromatic N) is 5. The van der Waals surface area contributed by atoms with E-state index >= 15 is 0 Å². The number of rotatable bonds is 7. The number of likely N-dealkylation sites (N-methyl/N-ethyl adjacent to an activating group) is 1. The molecule has 0 atom stereocenters. The molecule has 0 unspecified atom stereocenters. The Morgan fingerprint density at radius 1 is 1.15 bits per heavy atom. The lowest BCUT2D eigenvalue weighted by Crippen LogP contribution is -2.26. The Morgan fingerprint density at radius 3 is 2.50 bits per heavy atom. The van der Waals surface area contributed by atoms with Crippen molar-refractivity contribution in [3.05, 3.63) is 0 Å². The number of anilines is 3. The van der Waals surface area contributed by atoms with Gasteiger partial charge < -0.3 is 20.4 Å². The van der Waals surface area contributed by atoms with E-state index in [9.17, 15) is 0 Å². The zero-order valence-electron chi connectivity index (χ0n) is 12.7. The molecule has 1 saturated heterocycles. The Hall–Kier alpha value is -1.63. The summed E-state index contributed by atoms with van der Waals surface area (Å²) in [4.78, 5) is 17.8. The van der Waals surface area contributed by atoms with Gasteiger partial charge in [-0.2, -0.15) is 15.0 Å². The average molecular weight is 279 g/mol. The molecule has 112 valence electrons. The summed E-state index contributed by atoms with van der Waals surface area (Å²) >= 11 is 0. The molecule has 1 aliphatic heterocycles. The van der Waals surface area contributed by atoms with Gasteiger partial charge in [-0.15, -0.1) is 0 Å². The standard InChI is InChI=1S/C13H25N7/c1-4-19(3)10-7-15-12-16-11(14-2)17-13(18-12)20-8-5-6-9-20/h4-10H2,1-3H3,(H2,14,15,16,17,18). The fourth-order valence-electron chi connectivity index (χ4n) is 2.13. The van der Waals surface area contributed by atoms with E-state index in [1.54, 1.807) is 0 Å². The predicted molar refractivity (Wildman–Crippen MR) is 82.5 cm³/mol. The average Bonchev–Trinajstić information content (AvgIpc) is 3.01. The largest absolute Gasteiger partial charge is 0.357 e. The molecule has 2 N–H and O–H groups in total. The second-order valence-corrected chi connectivity index (χ2v) is 5.05. The third-order valence-electron chi connectivity index (χ3n) is 3.55. The highest BCUT2D eigenvalue weighted by molar-refractivity contribution is 5.44. The Bertz CT molecular complexity index is 417. The van der Waals surface area contributed by atoms with E-state index in [0.717, 1.165) is 38.7 Å². The lowest BCUT2D eigenvalue weighted by Gasteiger charge is -2.17. The second-order valence-electron chi connectivity index (χ2n) is 5.05. The van der Waals surface area contributed by atoms with Gasteiger partial charge in [-0.25, -0.2) is 0 Å². The Kier molecular flexibility index (Phi) is 5.34. The van der Waals surface area contributed by atoms with Crippen LogP contribution in [0, 0.1) is 0 Å². The van der Waals surface area contributed by atoms with Crippen LogP contribution in [0.25, 0.3) is 0 Å². The van der Waals surface area contributed by atoms with Crippen molar-refractivity contribution in [1.82, 2.24) is 19.9 Å². The van der Waals surface area contributed by atoms with Crippen molar-refractivity contribution in [2.45, 2.75) is 19.8 Å². The van der Waals surface area contributed by atoms with Crippen molar-refractivity contribution in [2.75, 3.05) is 62.4 Å². The highest BCUT2D eigenvalue weighted by Gasteiger charge is 2.17. The second kappa shape index (κ2) is 7.23. The lowest BCUT2D eigenvalue weighted by molar-refractivity contribution is 0.367. The van der Waals surface area contributed by atoms with Crippen LogP contribution >= 0.6 is 0 Å². The number of nitrogens with one attached hydrogen (secondary N) is 2. The quantitative estimate of drug-likeness (QED) is 0.767. The molecule has 2 rings (SSSR count). The molecule has 0 aromatic carbocycles. The van der Waals surface area contributed by atoms with Crippen LogP contribution in [-0.2, 0) is 0 Å². The first kappa shape index (κ1) is 14.8. The van der Waals surface area contributed by atoms with Gasteiger partial charge in [-0.3, -0.25) is 0 Å². The van der Waals surface area contributed by atoms with Gasteiger partial charge in [-0.1, -0.05) is 6.92 Å². The van der Waals surface area contributed by atoms with Gasteiger partial charge in [0.05, 0.1) is 0 Å².